The number of rotatable bonds is 8. The van der Waals surface area contributed by atoms with Gasteiger partial charge in [-0.1, -0.05) is 47.3 Å². The number of thioether (sulfide) groups is 1. The average molecular weight is 423 g/mol. The summed E-state index contributed by atoms with van der Waals surface area (Å²) in [5, 5.41) is 13.3. The van der Waals surface area contributed by atoms with Crippen molar-refractivity contribution in [2.24, 2.45) is 0 Å². The van der Waals surface area contributed by atoms with E-state index in [1.165, 1.54) is 17.8 Å². The van der Waals surface area contributed by atoms with Gasteiger partial charge in [-0.15, -0.1) is 10.2 Å². The molecule has 9 heteroatoms. The third kappa shape index (κ3) is 4.06. The monoisotopic (exact) mass is 423 g/mol. The predicted octanol–water partition coefficient (Wildman–Crippen LogP) is 4.54. The molecule has 0 unspecified atom stereocenters. The van der Waals surface area contributed by atoms with Crippen molar-refractivity contribution in [2.45, 2.75) is 36.3 Å². The van der Waals surface area contributed by atoms with Crippen molar-refractivity contribution in [1.82, 2.24) is 24.9 Å². The Morgan fingerprint density at radius 3 is 2.67 bits per heavy atom. The number of para-hydroxylation sites is 2. The fraction of sp³-hybridized carbons (Fsp3) is 0.238. The average Bonchev–Trinajstić information content (AvgIpc) is 3.38. The molecule has 0 atom stereocenters. The van der Waals surface area contributed by atoms with E-state index in [-0.39, 0.29) is 12.4 Å². The van der Waals surface area contributed by atoms with Gasteiger partial charge in [0.2, 0.25) is 5.89 Å². The van der Waals surface area contributed by atoms with Gasteiger partial charge in [0.1, 0.15) is 6.61 Å². The zero-order valence-electron chi connectivity index (χ0n) is 15.9. The first kappa shape index (κ1) is 18.8. The Hall–Kier alpha value is -3.20. The van der Waals surface area contributed by atoms with E-state index in [0.717, 1.165) is 18.5 Å². The van der Waals surface area contributed by atoms with Crippen LogP contribution < -0.4 is 4.74 Å². The molecule has 0 radical (unpaired) electrons. The minimum absolute atomic E-state index is 0.0808. The van der Waals surface area contributed by atoms with Crippen LogP contribution in [0.4, 0.5) is 4.39 Å². The van der Waals surface area contributed by atoms with Crippen molar-refractivity contribution in [3.8, 4) is 11.4 Å². The number of halogens is 1. The van der Waals surface area contributed by atoms with Gasteiger partial charge in [-0.25, -0.2) is 4.39 Å². The maximum atomic E-state index is 13.9. The lowest BCUT2D eigenvalue weighted by Gasteiger charge is -2.11. The standard InChI is InChI=1S/C21H18FN5O2S/c22-16-8-4-5-9-17(16)28-12-19-24-25-21(27(19)15-6-2-1-3-7-15)30-13-18-23-20(29-26-18)14-10-11-14/h1-9,14H,10-13H2. The second kappa shape index (κ2) is 8.27. The van der Waals surface area contributed by atoms with Gasteiger partial charge in [-0.05, 0) is 37.1 Å². The number of benzene rings is 2. The minimum Gasteiger partial charge on any atom is -0.483 e. The molecule has 4 aromatic rings. The molecular weight excluding hydrogens is 405 g/mol. The second-order valence-electron chi connectivity index (χ2n) is 6.90. The van der Waals surface area contributed by atoms with Gasteiger partial charge in [0.15, 0.2) is 28.4 Å². The molecule has 2 aromatic carbocycles. The topological polar surface area (TPSA) is 78.9 Å². The SMILES string of the molecule is Fc1ccccc1OCc1nnc(SCc2noc(C3CC3)n2)n1-c1ccccc1. The summed E-state index contributed by atoms with van der Waals surface area (Å²) < 4.78 is 26.8. The van der Waals surface area contributed by atoms with E-state index in [4.69, 9.17) is 9.26 Å². The van der Waals surface area contributed by atoms with Crippen molar-refractivity contribution in [1.29, 1.82) is 0 Å². The van der Waals surface area contributed by atoms with Gasteiger partial charge >= 0.3 is 0 Å². The van der Waals surface area contributed by atoms with Gasteiger partial charge in [-0.2, -0.15) is 4.98 Å². The molecule has 0 bridgehead atoms. The molecule has 1 aliphatic rings. The van der Waals surface area contributed by atoms with Gasteiger partial charge < -0.3 is 9.26 Å². The molecule has 0 amide bonds. The summed E-state index contributed by atoms with van der Waals surface area (Å²) in [5.74, 6) is 2.61. The molecule has 5 rings (SSSR count). The number of hydrogen-bond acceptors (Lipinski definition) is 7. The molecule has 2 heterocycles. The molecule has 0 N–H and O–H groups in total. The van der Waals surface area contributed by atoms with Crippen LogP contribution in [0.15, 0.2) is 64.3 Å². The minimum atomic E-state index is -0.415. The van der Waals surface area contributed by atoms with Gasteiger partial charge in [0.25, 0.3) is 0 Å². The Morgan fingerprint density at radius 1 is 1.07 bits per heavy atom. The largest absolute Gasteiger partial charge is 0.483 e. The lowest BCUT2D eigenvalue weighted by Crippen LogP contribution is -2.07. The van der Waals surface area contributed by atoms with E-state index >= 15 is 0 Å². The smallest absolute Gasteiger partial charge is 0.229 e. The first-order valence-electron chi connectivity index (χ1n) is 9.60. The lowest BCUT2D eigenvalue weighted by atomic mass is 10.3. The summed E-state index contributed by atoms with van der Waals surface area (Å²) in [6.45, 7) is 0.0808. The third-order valence-corrected chi connectivity index (χ3v) is 5.57. The van der Waals surface area contributed by atoms with E-state index in [0.29, 0.717) is 34.4 Å². The summed E-state index contributed by atoms with van der Waals surface area (Å²) in [6.07, 6.45) is 2.23. The van der Waals surface area contributed by atoms with Crippen LogP contribution in [0.2, 0.25) is 0 Å². The molecule has 0 aliphatic heterocycles. The van der Waals surface area contributed by atoms with Crippen LogP contribution in [0.25, 0.3) is 5.69 Å². The van der Waals surface area contributed by atoms with Crippen LogP contribution in [-0.4, -0.2) is 24.9 Å². The fourth-order valence-electron chi connectivity index (χ4n) is 2.98. The van der Waals surface area contributed by atoms with Crippen LogP contribution in [0.1, 0.15) is 36.3 Å². The highest BCUT2D eigenvalue weighted by Crippen LogP contribution is 2.39. The van der Waals surface area contributed by atoms with Gasteiger partial charge in [-0.3, -0.25) is 4.57 Å². The van der Waals surface area contributed by atoms with Crippen molar-refractivity contribution in [3.05, 3.63) is 78.0 Å². The molecule has 0 spiro atoms. The molecule has 1 fully saturated rings. The molecule has 1 aliphatic carbocycles. The first-order chi connectivity index (χ1) is 14.8. The van der Waals surface area contributed by atoms with Crippen molar-refractivity contribution >= 4 is 11.8 Å². The van der Waals surface area contributed by atoms with Crippen LogP contribution in [0.3, 0.4) is 0 Å². The van der Waals surface area contributed by atoms with Crippen LogP contribution in [0, 0.1) is 5.82 Å². The van der Waals surface area contributed by atoms with Crippen LogP contribution in [-0.2, 0) is 12.4 Å². The molecule has 1 saturated carbocycles. The zero-order chi connectivity index (χ0) is 20.3. The van der Waals surface area contributed by atoms with E-state index < -0.39 is 5.82 Å². The molecule has 0 saturated heterocycles. The van der Waals surface area contributed by atoms with E-state index in [1.807, 2.05) is 34.9 Å². The Kier molecular flexibility index (Phi) is 5.18. The number of hydrogen-bond donors (Lipinski definition) is 0. The quantitative estimate of drug-likeness (QED) is 0.385. The summed E-state index contributed by atoms with van der Waals surface area (Å²) in [6, 6.07) is 16.0. The lowest BCUT2D eigenvalue weighted by molar-refractivity contribution is 0.278. The highest BCUT2D eigenvalue weighted by molar-refractivity contribution is 7.98. The second-order valence-corrected chi connectivity index (χ2v) is 7.84. The molecular formula is C21H18FN5O2S. The molecule has 30 heavy (non-hydrogen) atoms. The van der Waals surface area contributed by atoms with E-state index in [1.54, 1.807) is 18.2 Å². The summed E-state index contributed by atoms with van der Waals surface area (Å²) in [7, 11) is 0. The van der Waals surface area contributed by atoms with Crippen molar-refractivity contribution in [2.75, 3.05) is 0 Å². The van der Waals surface area contributed by atoms with Crippen LogP contribution in [0.5, 0.6) is 5.75 Å². The summed E-state index contributed by atoms with van der Waals surface area (Å²) >= 11 is 1.46. The number of aromatic nitrogens is 5. The van der Waals surface area contributed by atoms with E-state index in [2.05, 4.69) is 20.3 Å². The summed E-state index contributed by atoms with van der Waals surface area (Å²) in [5.41, 5.74) is 0.893. The summed E-state index contributed by atoms with van der Waals surface area (Å²) in [4.78, 5) is 4.46. The highest BCUT2D eigenvalue weighted by Gasteiger charge is 2.29. The normalized spacial score (nSPS) is 13.5. The Labute approximate surface area is 176 Å². The van der Waals surface area contributed by atoms with E-state index in [9.17, 15) is 4.39 Å². The van der Waals surface area contributed by atoms with Gasteiger partial charge in [0, 0.05) is 11.6 Å². The Bertz CT molecular complexity index is 1140. The number of nitrogens with zero attached hydrogens (tertiary/aromatic N) is 5. The van der Waals surface area contributed by atoms with Crippen LogP contribution >= 0.6 is 11.8 Å². The maximum Gasteiger partial charge on any atom is 0.229 e. The number of ether oxygens (including phenoxy) is 1. The molecule has 7 nitrogen and oxygen atoms in total. The first-order valence-corrected chi connectivity index (χ1v) is 10.6. The molecule has 152 valence electrons. The molecule has 2 aromatic heterocycles. The third-order valence-electron chi connectivity index (χ3n) is 4.65. The Balaban J connectivity index is 1.37. The predicted molar refractivity (Wildman–Crippen MR) is 108 cm³/mol. The maximum absolute atomic E-state index is 13.9. The van der Waals surface area contributed by atoms with Crippen molar-refractivity contribution < 1.29 is 13.7 Å². The zero-order valence-corrected chi connectivity index (χ0v) is 16.8. The fourth-order valence-corrected chi connectivity index (χ4v) is 3.79. The van der Waals surface area contributed by atoms with Gasteiger partial charge in [0.05, 0.1) is 5.75 Å². The Morgan fingerprint density at radius 2 is 1.87 bits per heavy atom. The highest BCUT2D eigenvalue weighted by atomic mass is 32.2. The van der Waals surface area contributed by atoms with Crippen molar-refractivity contribution in [3.63, 3.8) is 0 Å².